The van der Waals surface area contributed by atoms with E-state index in [1.807, 2.05) is 30.3 Å². The van der Waals surface area contributed by atoms with Crippen LogP contribution in [0.2, 0.25) is 0 Å². The third-order valence-corrected chi connectivity index (χ3v) is 4.97. The first-order chi connectivity index (χ1) is 12.4. The quantitative estimate of drug-likeness (QED) is 0.432. The van der Waals surface area contributed by atoms with Crippen LogP contribution >= 0.6 is 27.3 Å². The van der Waals surface area contributed by atoms with E-state index >= 15 is 0 Å². The minimum atomic E-state index is -4.49. The molecule has 0 aliphatic carbocycles. The van der Waals surface area contributed by atoms with Gasteiger partial charge in [0.05, 0.1) is 16.8 Å². The van der Waals surface area contributed by atoms with Crippen LogP contribution in [0.3, 0.4) is 0 Å². The third-order valence-electron chi connectivity index (χ3n) is 3.56. The monoisotopic (exact) mass is 434 g/mol. The summed E-state index contributed by atoms with van der Waals surface area (Å²) in [6, 6.07) is 14.6. The predicted octanol–water partition coefficient (Wildman–Crippen LogP) is 6.66. The summed E-state index contributed by atoms with van der Waals surface area (Å²) in [4.78, 5) is 4.40. The van der Waals surface area contributed by atoms with E-state index in [1.165, 1.54) is 35.6 Å². The van der Waals surface area contributed by atoms with Gasteiger partial charge in [-0.2, -0.15) is 18.4 Å². The van der Waals surface area contributed by atoms with E-state index in [4.69, 9.17) is 0 Å². The highest BCUT2D eigenvalue weighted by Crippen LogP contribution is 2.34. The van der Waals surface area contributed by atoms with E-state index in [1.54, 1.807) is 5.38 Å². The topological polar surface area (TPSA) is 36.7 Å². The second kappa shape index (κ2) is 7.44. The fraction of sp³-hybridized carbons (Fsp3) is 0.0526. The lowest BCUT2D eigenvalue weighted by atomic mass is 10.0. The number of hydrogen-bond acceptors (Lipinski definition) is 3. The van der Waals surface area contributed by atoms with E-state index in [2.05, 4.69) is 20.9 Å². The number of nitrogens with zero attached hydrogens (tertiary/aromatic N) is 2. The molecule has 130 valence electrons. The van der Waals surface area contributed by atoms with E-state index in [-0.39, 0.29) is 11.1 Å². The van der Waals surface area contributed by atoms with Crippen LogP contribution in [0, 0.1) is 11.3 Å². The Morgan fingerprint density at radius 2 is 1.81 bits per heavy atom. The molecule has 0 N–H and O–H groups in total. The number of benzene rings is 2. The van der Waals surface area contributed by atoms with Gasteiger partial charge in [0.1, 0.15) is 11.1 Å². The number of nitriles is 1. The zero-order chi connectivity index (χ0) is 18.7. The summed E-state index contributed by atoms with van der Waals surface area (Å²) >= 11 is 4.57. The first-order valence-electron chi connectivity index (χ1n) is 7.38. The highest BCUT2D eigenvalue weighted by molar-refractivity contribution is 9.10. The Hall–Kier alpha value is -2.43. The number of aromatic nitrogens is 1. The van der Waals surface area contributed by atoms with Crippen molar-refractivity contribution >= 4 is 38.9 Å². The minimum Gasteiger partial charge on any atom is -0.235 e. The average molecular weight is 435 g/mol. The Labute approximate surface area is 160 Å². The lowest BCUT2D eigenvalue weighted by Crippen LogP contribution is -2.07. The second-order valence-electron chi connectivity index (χ2n) is 5.30. The molecule has 0 saturated carbocycles. The van der Waals surface area contributed by atoms with Crippen LogP contribution in [0.15, 0.2) is 58.4 Å². The molecule has 0 aliphatic heterocycles. The number of allylic oxidation sites excluding steroid dienone is 1. The van der Waals surface area contributed by atoms with Crippen LogP contribution in [0.1, 0.15) is 16.1 Å². The molecule has 0 radical (unpaired) electrons. The molecular formula is C19H10BrF3N2S. The Balaban J connectivity index is 2.00. The average Bonchev–Trinajstić information content (AvgIpc) is 3.09. The molecule has 0 fully saturated rings. The normalized spacial score (nSPS) is 12.0. The fourth-order valence-corrected chi connectivity index (χ4v) is 3.39. The summed E-state index contributed by atoms with van der Waals surface area (Å²) < 4.78 is 40.3. The van der Waals surface area contributed by atoms with Crippen molar-refractivity contribution in [3.8, 4) is 17.3 Å². The number of halogens is 4. The van der Waals surface area contributed by atoms with Crippen molar-refractivity contribution in [3.63, 3.8) is 0 Å². The zero-order valence-corrected chi connectivity index (χ0v) is 15.5. The molecule has 0 saturated heterocycles. The van der Waals surface area contributed by atoms with Gasteiger partial charge in [0.25, 0.3) is 0 Å². The summed E-state index contributed by atoms with van der Waals surface area (Å²) in [6.45, 7) is 0. The largest absolute Gasteiger partial charge is 0.416 e. The molecule has 1 heterocycles. The maximum Gasteiger partial charge on any atom is 0.416 e. The van der Waals surface area contributed by atoms with Gasteiger partial charge in [-0.15, -0.1) is 11.3 Å². The molecule has 0 unspecified atom stereocenters. The molecule has 3 rings (SSSR count). The van der Waals surface area contributed by atoms with Gasteiger partial charge in [0.2, 0.25) is 0 Å². The third kappa shape index (κ3) is 4.03. The SMILES string of the molecule is N#CC(=Cc1ccccc1C(F)(F)F)c1nc(-c2ccc(Br)cc2)cs1. The van der Waals surface area contributed by atoms with Crippen molar-refractivity contribution in [3.05, 3.63) is 74.5 Å². The van der Waals surface area contributed by atoms with E-state index < -0.39 is 11.7 Å². The molecule has 0 spiro atoms. The van der Waals surface area contributed by atoms with Crippen molar-refractivity contribution in [2.75, 3.05) is 0 Å². The minimum absolute atomic E-state index is 0.0584. The summed E-state index contributed by atoms with van der Waals surface area (Å²) in [5.41, 5.74) is 0.788. The van der Waals surface area contributed by atoms with Crippen molar-refractivity contribution in [2.45, 2.75) is 6.18 Å². The van der Waals surface area contributed by atoms with Crippen molar-refractivity contribution in [2.24, 2.45) is 0 Å². The number of alkyl halides is 3. The van der Waals surface area contributed by atoms with Gasteiger partial charge in [0.15, 0.2) is 0 Å². The van der Waals surface area contributed by atoms with Gasteiger partial charge in [-0.3, -0.25) is 0 Å². The van der Waals surface area contributed by atoms with Crippen LogP contribution < -0.4 is 0 Å². The summed E-state index contributed by atoms with van der Waals surface area (Å²) in [5, 5.41) is 11.6. The molecule has 2 aromatic carbocycles. The Bertz CT molecular complexity index is 999. The van der Waals surface area contributed by atoms with Gasteiger partial charge in [-0.25, -0.2) is 4.98 Å². The molecular weight excluding hydrogens is 425 g/mol. The number of rotatable bonds is 3. The van der Waals surface area contributed by atoms with E-state index in [0.29, 0.717) is 10.7 Å². The molecule has 0 bridgehead atoms. The van der Waals surface area contributed by atoms with Gasteiger partial charge in [-0.05, 0) is 29.8 Å². The maximum atomic E-state index is 13.1. The molecule has 1 aromatic heterocycles. The molecule has 3 aromatic rings. The Morgan fingerprint density at radius 1 is 1.12 bits per heavy atom. The van der Waals surface area contributed by atoms with E-state index in [0.717, 1.165) is 16.1 Å². The van der Waals surface area contributed by atoms with Gasteiger partial charge >= 0.3 is 6.18 Å². The molecule has 7 heteroatoms. The standard InChI is InChI=1S/C19H10BrF3N2S/c20-15-7-5-12(6-8-15)17-11-26-18(25-17)14(10-24)9-13-3-1-2-4-16(13)19(21,22)23/h1-9,11H. The van der Waals surface area contributed by atoms with Gasteiger partial charge in [0, 0.05) is 15.4 Å². The lowest BCUT2D eigenvalue weighted by molar-refractivity contribution is -0.137. The molecule has 2 nitrogen and oxygen atoms in total. The smallest absolute Gasteiger partial charge is 0.235 e. The maximum absolute atomic E-state index is 13.1. The summed E-state index contributed by atoms with van der Waals surface area (Å²) in [5.74, 6) is 0. The number of thiazole rings is 1. The van der Waals surface area contributed by atoms with Crippen LogP contribution in [0.5, 0.6) is 0 Å². The van der Waals surface area contributed by atoms with Crippen LogP contribution in [-0.4, -0.2) is 4.98 Å². The van der Waals surface area contributed by atoms with Crippen LogP contribution in [-0.2, 0) is 6.18 Å². The first-order valence-corrected chi connectivity index (χ1v) is 9.05. The predicted molar refractivity (Wildman–Crippen MR) is 100 cm³/mol. The Kier molecular flexibility index (Phi) is 5.25. The molecule has 26 heavy (non-hydrogen) atoms. The zero-order valence-electron chi connectivity index (χ0n) is 13.1. The molecule has 0 atom stereocenters. The Morgan fingerprint density at radius 3 is 2.46 bits per heavy atom. The van der Waals surface area contributed by atoms with Crippen molar-refractivity contribution in [1.29, 1.82) is 5.26 Å². The lowest BCUT2D eigenvalue weighted by Gasteiger charge is -2.09. The van der Waals surface area contributed by atoms with Crippen molar-refractivity contribution < 1.29 is 13.2 Å². The summed E-state index contributed by atoms with van der Waals surface area (Å²) in [7, 11) is 0. The summed E-state index contributed by atoms with van der Waals surface area (Å²) in [6.07, 6.45) is -3.26. The highest BCUT2D eigenvalue weighted by Gasteiger charge is 2.32. The van der Waals surface area contributed by atoms with Crippen LogP contribution in [0.4, 0.5) is 13.2 Å². The fourth-order valence-electron chi connectivity index (χ4n) is 2.33. The highest BCUT2D eigenvalue weighted by atomic mass is 79.9. The van der Waals surface area contributed by atoms with Crippen LogP contribution in [0.25, 0.3) is 22.9 Å². The van der Waals surface area contributed by atoms with Gasteiger partial charge in [-0.1, -0.05) is 46.3 Å². The second-order valence-corrected chi connectivity index (χ2v) is 7.07. The number of hydrogen-bond donors (Lipinski definition) is 0. The van der Waals surface area contributed by atoms with E-state index in [9.17, 15) is 18.4 Å². The van der Waals surface area contributed by atoms with Crippen molar-refractivity contribution in [1.82, 2.24) is 4.98 Å². The van der Waals surface area contributed by atoms with Gasteiger partial charge < -0.3 is 0 Å². The molecule has 0 amide bonds. The first kappa shape index (κ1) is 18.4. The molecule has 0 aliphatic rings.